The summed E-state index contributed by atoms with van der Waals surface area (Å²) in [7, 11) is 0. The number of ether oxygens (including phenoxy) is 1. The minimum atomic E-state index is -0.159. The van der Waals surface area contributed by atoms with Gasteiger partial charge in [-0.2, -0.15) is 0 Å². The van der Waals surface area contributed by atoms with Gasteiger partial charge in [0.1, 0.15) is 11.6 Å². The molecule has 0 aliphatic rings. The molecule has 1 amide bonds. The minimum absolute atomic E-state index is 0.129. The van der Waals surface area contributed by atoms with Gasteiger partial charge < -0.3 is 15.0 Å². The number of carbonyl (C=O) groups is 1. The molecule has 2 rings (SSSR count). The standard InChI is InChI=1S/C15H19N3O2/c1-3-10-20-13-6-4-12(5-7-13)15(19)18-11(2)14-16-8-9-17-14/h4-9,11H,3,10H2,1-2H3,(H,16,17)(H,18,19). The first-order chi connectivity index (χ1) is 9.70. The molecule has 20 heavy (non-hydrogen) atoms. The lowest BCUT2D eigenvalue weighted by Crippen LogP contribution is -2.27. The number of carbonyl (C=O) groups excluding carboxylic acids is 1. The van der Waals surface area contributed by atoms with E-state index >= 15 is 0 Å². The monoisotopic (exact) mass is 273 g/mol. The number of rotatable bonds is 6. The third-order valence-electron chi connectivity index (χ3n) is 2.87. The average molecular weight is 273 g/mol. The predicted molar refractivity (Wildman–Crippen MR) is 76.7 cm³/mol. The molecule has 2 aromatic rings. The Labute approximate surface area is 118 Å². The van der Waals surface area contributed by atoms with Gasteiger partial charge in [0.05, 0.1) is 12.6 Å². The summed E-state index contributed by atoms with van der Waals surface area (Å²) in [5.74, 6) is 1.39. The number of imidazole rings is 1. The molecule has 0 saturated carbocycles. The molecule has 0 fully saturated rings. The summed E-state index contributed by atoms with van der Waals surface area (Å²) in [6.07, 6.45) is 4.36. The molecule has 1 heterocycles. The number of aromatic amines is 1. The Kier molecular flexibility index (Phi) is 4.76. The highest BCUT2D eigenvalue weighted by molar-refractivity contribution is 5.94. The van der Waals surface area contributed by atoms with Crippen molar-refractivity contribution >= 4 is 5.91 Å². The van der Waals surface area contributed by atoms with Crippen LogP contribution in [0.1, 0.15) is 42.5 Å². The first-order valence-electron chi connectivity index (χ1n) is 6.73. The summed E-state index contributed by atoms with van der Waals surface area (Å²) >= 11 is 0. The second-order valence-corrected chi connectivity index (χ2v) is 4.54. The first kappa shape index (κ1) is 14.1. The molecule has 2 N–H and O–H groups in total. The lowest BCUT2D eigenvalue weighted by atomic mass is 10.2. The van der Waals surface area contributed by atoms with E-state index in [1.807, 2.05) is 19.1 Å². The van der Waals surface area contributed by atoms with E-state index in [-0.39, 0.29) is 11.9 Å². The molecule has 0 aliphatic carbocycles. The second-order valence-electron chi connectivity index (χ2n) is 4.54. The van der Waals surface area contributed by atoms with Gasteiger partial charge in [-0.3, -0.25) is 4.79 Å². The van der Waals surface area contributed by atoms with E-state index in [1.165, 1.54) is 0 Å². The summed E-state index contributed by atoms with van der Waals surface area (Å²) in [5.41, 5.74) is 0.604. The van der Waals surface area contributed by atoms with Crippen LogP contribution in [0.25, 0.3) is 0 Å². The number of aromatic nitrogens is 2. The van der Waals surface area contributed by atoms with Gasteiger partial charge >= 0.3 is 0 Å². The van der Waals surface area contributed by atoms with Crippen LogP contribution in [0.5, 0.6) is 5.75 Å². The third kappa shape index (κ3) is 3.60. The number of nitrogens with one attached hydrogen (secondary N) is 2. The molecule has 1 aromatic carbocycles. The van der Waals surface area contributed by atoms with Gasteiger partial charge in [0.25, 0.3) is 5.91 Å². The van der Waals surface area contributed by atoms with E-state index in [0.29, 0.717) is 12.2 Å². The zero-order valence-electron chi connectivity index (χ0n) is 11.7. The highest BCUT2D eigenvalue weighted by Gasteiger charge is 2.12. The van der Waals surface area contributed by atoms with Gasteiger partial charge in [-0.15, -0.1) is 0 Å². The van der Waals surface area contributed by atoms with E-state index in [2.05, 4.69) is 22.2 Å². The molecule has 106 valence electrons. The average Bonchev–Trinajstić information content (AvgIpc) is 3.00. The SMILES string of the molecule is CCCOc1ccc(C(=O)NC(C)c2ncc[nH]2)cc1. The Morgan fingerprint density at radius 3 is 2.75 bits per heavy atom. The van der Waals surface area contributed by atoms with Crippen molar-refractivity contribution < 1.29 is 9.53 Å². The van der Waals surface area contributed by atoms with Crippen LogP contribution in [0.2, 0.25) is 0 Å². The van der Waals surface area contributed by atoms with Crippen LogP contribution in [-0.4, -0.2) is 22.5 Å². The highest BCUT2D eigenvalue weighted by atomic mass is 16.5. The quantitative estimate of drug-likeness (QED) is 0.850. The molecule has 5 heteroatoms. The van der Waals surface area contributed by atoms with Crippen LogP contribution < -0.4 is 10.1 Å². The van der Waals surface area contributed by atoms with Crippen molar-refractivity contribution in [1.29, 1.82) is 0 Å². The Morgan fingerprint density at radius 1 is 1.40 bits per heavy atom. The van der Waals surface area contributed by atoms with Crippen LogP contribution in [0.15, 0.2) is 36.7 Å². The number of hydrogen-bond acceptors (Lipinski definition) is 3. The zero-order valence-corrected chi connectivity index (χ0v) is 11.7. The van der Waals surface area contributed by atoms with Crippen LogP contribution in [-0.2, 0) is 0 Å². The lowest BCUT2D eigenvalue weighted by Gasteiger charge is -2.12. The van der Waals surface area contributed by atoms with Gasteiger partial charge in [-0.05, 0) is 37.6 Å². The van der Waals surface area contributed by atoms with Crippen molar-refractivity contribution in [2.24, 2.45) is 0 Å². The first-order valence-corrected chi connectivity index (χ1v) is 6.73. The Hall–Kier alpha value is -2.30. The van der Waals surface area contributed by atoms with E-state index in [0.717, 1.165) is 18.0 Å². The van der Waals surface area contributed by atoms with Crippen LogP contribution in [0.3, 0.4) is 0 Å². The van der Waals surface area contributed by atoms with Gasteiger partial charge in [0, 0.05) is 18.0 Å². The van der Waals surface area contributed by atoms with E-state index < -0.39 is 0 Å². The third-order valence-corrected chi connectivity index (χ3v) is 2.87. The molecule has 1 aromatic heterocycles. The number of nitrogens with zero attached hydrogens (tertiary/aromatic N) is 1. The molecule has 0 bridgehead atoms. The molecule has 0 saturated heterocycles. The summed E-state index contributed by atoms with van der Waals surface area (Å²) in [4.78, 5) is 19.2. The Bertz CT molecular complexity index is 535. The molecule has 1 unspecified atom stereocenters. The maximum atomic E-state index is 12.1. The largest absolute Gasteiger partial charge is 0.494 e. The Morgan fingerprint density at radius 2 is 2.15 bits per heavy atom. The number of hydrogen-bond donors (Lipinski definition) is 2. The zero-order chi connectivity index (χ0) is 14.4. The van der Waals surface area contributed by atoms with E-state index in [1.54, 1.807) is 24.5 Å². The molecular formula is C15H19N3O2. The molecule has 0 radical (unpaired) electrons. The highest BCUT2D eigenvalue weighted by Crippen LogP contribution is 2.13. The number of H-pyrrole nitrogens is 1. The van der Waals surface area contributed by atoms with Crippen molar-refractivity contribution in [2.75, 3.05) is 6.61 Å². The molecule has 5 nitrogen and oxygen atoms in total. The fraction of sp³-hybridized carbons (Fsp3) is 0.333. The summed E-state index contributed by atoms with van der Waals surface area (Å²) in [6, 6.07) is 6.97. The Balaban J connectivity index is 1.95. The van der Waals surface area contributed by atoms with Crippen LogP contribution >= 0.6 is 0 Å². The van der Waals surface area contributed by atoms with E-state index in [4.69, 9.17) is 4.74 Å². The second kappa shape index (κ2) is 6.75. The lowest BCUT2D eigenvalue weighted by molar-refractivity contribution is 0.0938. The fourth-order valence-corrected chi connectivity index (χ4v) is 1.79. The van der Waals surface area contributed by atoms with Gasteiger partial charge in [-0.25, -0.2) is 4.98 Å². The van der Waals surface area contributed by atoms with Crippen molar-refractivity contribution in [1.82, 2.24) is 15.3 Å². The van der Waals surface area contributed by atoms with Gasteiger partial charge in [0.2, 0.25) is 0 Å². The minimum Gasteiger partial charge on any atom is -0.494 e. The summed E-state index contributed by atoms with van der Waals surface area (Å²) in [5, 5.41) is 2.89. The van der Waals surface area contributed by atoms with Crippen LogP contribution in [0.4, 0.5) is 0 Å². The maximum absolute atomic E-state index is 12.1. The maximum Gasteiger partial charge on any atom is 0.251 e. The predicted octanol–water partition coefficient (Wildman–Crippen LogP) is 2.69. The van der Waals surface area contributed by atoms with Gasteiger partial charge in [-0.1, -0.05) is 6.92 Å². The van der Waals surface area contributed by atoms with E-state index in [9.17, 15) is 4.79 Å². The van der Waals surface area contributed by atoms with Crippen molar-refractivity contribution in [2.45, 2.75) is 26.3 Å². The fourth-order valence-electron chi connectivity index (χ4n) is 1.79. The normalized spacial score (nSPS) is 11.9. The van der Waals surface area contributed by atoms with Crippen molar-refractivity contribution in [3.63, 3.8) is 0 Å². The molecule has 1 atom stereocenters. The number of amides is 1. The van der Waals surface area contributed by atoms with Gasteiger partial charge in [0.15, 0.2) is 0 Å². The van der Waals surface area contributed by atoms with Crippen LogP contribution in [0, 0.1) is 0 Å². The number of benzene rings is 1. The smallest absolute Gasteiger partial charge is 0.251 e. The van der Waals surface area contributed by atoms with Crippen molar-refractivity contribution in [3.8, 4) is 5.75 Å². The molecular weight excluding hydrogens is 254 g/mol. The topological polar surface area (TPSA) is 67.0 Å². The molecule has 0 spiro atoms. The summed E-state index contributed by atoms with van der Waals surface area (Å²) in [6.45, 7) is 4.62. The van der Waals surface area contributed by atoms with Crippen molar-refractivity contribution in [3.05, 3.63) is 48.0 Å². The summed E-state index contributed by atoms with van der Waals surface area (Å²) < 4.78 is 5.48. The molecule has 0 aliphatic heterocycles.